The molecule has 1 spiro atoms. The molecule has 8 aromatic rings. The summed E-state index contributed by atoms with van der Waals surface area (Å²) in [6.45, 7) is 4.74. The highest BCUT2D eigenvalue weighted by molar-refractivity contribution is 6.11. The van der Waals surface area contributed by atoms with E-state index >= 15 is 0 Å². The Kier molecular flexibility index (Phi) is 6.51. The topological polar surface area (TPSA) is 36.4 Å². The first-order chi connectivity index (χ1) is 26.5. The van der Waals surface area contributed by atoms with Gasteiger partial charge >= 0.3 is 0 Å². The molecular formula is C51H37N3. The van der Waals surface area contributed by atoms with Crippen molar-refractivity contribution in [3.63, 3.8) is 0 Å². The maximum Gasteiger partial charge on any atom is 0.152 e. The molecule has 11 rings (SSSR count). The zero-order valence-electron chi connectivity index (χ0n) is 30.2. The Morgan fingerprint density at radius 1 is 0.407 bits per heavy atom. The van der Waals surface area contributed by atoms with E-state index in [-0.39, 0.29) is 5.41 Å². The molecule has 0 bridgehead atoms. The van der Waals surface area contributed by atoms with Crippen LogP contribution in [-0.4, -0.2) is 5.84 Å². The van der Waals surface area contributed by atoms with Gasteiger partial charge in [-0.1, -0.05) is 178 Å². The highest BCUT2D eigenvalue weighted by Gasteiger charge is 2.53. The minimum absolute atomic E-state index is 0.126. The summed E-state index contributed by atoms with van der Waals surface area (Å²) in [4.78, 5) is 5.41. The average molecular weight is 692 g/mol. The van der Waals surface area contributed by atoms with Gasteiger partial charge in [0.15, 0.2) is 5.84 Å². The number of amidine groups is 1. The second-order valence-corrected chi connectivity index (χ2v) is 15.3. The Bertz CT molecular complexity index is 2860. The van der Waals surface area contributed by atoms with Crippen molar-refractivity contribution in [2.45, 2.75) is 24.7 Å². The van der Waals surface area contributed by atoms with E-state index in [1.54, 1.807) is 0 Å². The van der Waals surface area contributed by atoms with E-state index in [4.69, 9.17) is 4.99 Å². The monoisotopic (exact) mass is 691 g/mol. The molecule has 2 N–H and O–H groups in total. The number of hydrogen-bond donors (Lipinski definition) is 2. The van der Waals surface area contributed by atoms with E-state index in [9.17, 15) is 0 Å². The smallest absolute Gasteiger partial charge is 0.152 e. The first-order valence-electron chi connectivity index (χ1n) is 18.8. The number of hydrogen-bond acceptors (Lipinski definition) is 3. The van der Waals surface area contributed by atoms with Gasteiger partial charge < -0.3 is 0 Å². The van der Waals surface area contributed by atoms with Gasteiger partial charge in [-0.25, -0.2) is 4.99 Å². The number of rotatable bonds is 3. The molecule has 0 amide bonds. The summed E-state index contributed by atoms with van der Waals surface area (Å²) >= 11 is 0. The molecule has 54 heavy (non-hydrogen) atoms. The first kappa shape index (κ1) is 30.9. The third-order valence-corrected chi connectivity index (χ3v) is 12.2. The molecule has 0 unspecified atom stereocenters. The highest BCUT2D eigenvalue weighted by atomic mass is 15.4. The Hall–Kier alpha value is -6.71. The van der Waals surface area contributed by atoms with Gasteiger partial charge in [-0.15, -0.1) is 0 Å². The van der Waals surface area contributed by atoms with E-state index in [1.165, 1.54) is 66.1 Å². The molecule has 2 aliphatic carbocycles. The van der Waals surface area contributed by atoms with Crippen molar-refractivity contribution in [2.24, 2.45) is 4.99 Å². The van der Waals surface area contributed by atoms with Crippen LogP contribution < -0.4 is 10.9 Å². The predicted molar refractivity (Wildman–Crippen MR) is 223 cm³/mol. The standard InChI is InChI=1S/C51H37N3/c1-50(2)43-20-10-12-22-45(43)51(46-23-13-11-21-44(46)50)41-19-9-8-18-39(41)40-31-36(27-29-42(40)51)49-52-47(33-15-4-3-5-16-33)48(53-54-49)35-26-28-38-34(30-35)25-24-32-14-6-7-17-37(32)38/h3-31,53H,1-2H3,(H,52,54). The molecule has 0 saturated heterocycles. The third-order valence-electron chi connectivity index (χ3n) is 12.2. The minimum atomic E-state index is -0.420. The number of aliphatic imine (C=N–C) groups is 1. The van der Waals surface area contributed by atoms with Gasteiger partial charge in [0.05, 0.1) is 16.8 Å². The fraction of sp³-hybridized carbons (Fsp3) is 0.0784. The third kappa shape index (κ3) is 4.21. The number of nitrogens with one attached hydrogen (secondary N) is 2. The predicted octanol–water partition coefficient (Wildman–Crippen LogP) is 11.4. The van der Waals surface area contributed by atoms with E-state index in [2.05, 4.69) is 201 Å². The second-order valence-electron chi connectivity index (χ2n) is 15.3. The Morgan fingerprint density at radius 2 is 1.00 bits per heavy atom. The molecular weight excluding hydrogens is 655 g/mol. The summed E-state index contributed by atoms with van der Waals surface area (Å²) < 4.78 is 0. The highest BCUT2D eigenvalue weighted by Crippen LogP contribution is 2.62. The normalized spacial score (nSPS) is 15.9. The molecule has 3 heteroatoms. The summed E-state index contributed by atoms with van der Waals surface area (Å²) in [6.07, 6.45) is 0. The van der Waals surface area contributed by atoms with Crippen LogP contribution in [0.2, 0.25) is 0 Å². The molecule has 3 nitrogen and oxygen atoms in total. The number of benzene rings is 8. The summed E-state index contributed by atoms with van der Waals surface area (Å²) in [5.41, 5.74) is 22.3. The lowest BCUT2D eigenvalue weighted by molar-refractivity contribution is 0.563. The van der Waals surface area contributed by atoms with E-state index in [0.717, 1.165) is 33.9 Å². The summed E-state index contributed by atoms with van der Waals surface area (Å²) in [5, 5.41) is 4.95. The van der Waals surface area contributed by atoms with Crippen LogP contribution in [0.1, 0.15) is 63.9 Å². The van der Waals surface area contributed by atoms with Crippen molar-refractivity contribution in [3.05, 3.63) is 226 Å². The number of hydrazine groups is 1. The average Bonchev–Trinajstić information content (AvgIpc) is 3.53. The Labute approximate surface area is 315 Å². The zero-order chi connectivity index (χ0) is 36.0. The Morgan fingerprint density at radius 3 is 1.78 bits per heavy atom. The fourth-order valence-corrected chi connectivity index (χ4v) is 9.71. The van der Waals surface area contributed by atoms with Crippen LogP contribution >= 0.6 is 0 Å². The van der Waals surface area contributed by atoms with Gasteiger partial charge in [0.25, 0.3) is 0 Å². The van der Waals surface area contributed by atoms with Gasteiger partial charge in [0.1, 0.15) is 0 Å². The van der Waals surface area contributed by atoms with Crippen LogP contribution in [0.25, 0.3) is 44.1 Å². The van der Waals surface area contributed by atoms with Crippen molar-refractivity contribution in [3.8, 4) is 11.1 Å². The van der Waals surface area contributed by atoms with Gasteiger partial charge in [0, 0.05) is 22.1 Å². The van der Waals surface area contributed by atoms with Gasteiger partial charge in [-0.2, -0.15) is 0 Å². The molecule has 0 fully saturated rings. The lowest BCUT2D eigenvalue weighted by atomic mass is 9.55. The summed E-state index contributed by atoms with van der Waals surface area (Å²) in [7, 11) is 0. The van der Waals surface area contributed by atoms with Gasteiger partial charge in [-0.3, -0.25) is 10.9 Å². The molecule has 256 valence electrons. The molecule has 1 aliphatic heterocycles. The zero-order valence-corrected chi connectivity index (χ0v) is 30.2. The van der Waals surface area contributed by atoms with Crippen LogP contribution in [-0.2, 0) is 10.8 Å². The molecule has 0 radical (unpaired) electrons. The van der Waals surface area contributed by atoms with Crippen LogP contribution in [0.4, 0.5) is 0 Å². The fourth-order valence-electron chi connectivity index (χ4n) is 9.71. The lowest BCUT2D eigenvalue weighted by Gasteiger charge is -2.46. The first-order valence-corrected chi connectivity index (χ1v) is 18.8. The minimum Gasteiger partial charge on any atom is -0.297 e. The summed E-state index contributed by atoms with van der Waals surface area (Å²) in [5.74, 6) is 0.788. The van der Waals surface area contributed by atoms with Crippen LogP contribution in [0.3, 0.4) is 0 Å². The van der Waals surface area contributed by atoms with E-state index in [0.29, 0.717) is 0 Å². The van der Waals surface area contributed by atoms with Crippen LogP contribution in [0.5, 0.6) is 0 Å². The lowest BCUT2D eigenvalue weighted by Crippen LogP contribution is -2.41. The molecule has 0 atom stereocenters. The molecule has 3 aliphatic rings. The van der Waals surface area contributed by atoms with Crippen LogP contribution in [0, 0.1) is 0 Å². The van der Waals surface area contributed by atoms with Crippen molar-refractivity contribution in [1.82, 2.24) is 10.9 Å². The second kappa shape index (κ2) is 11.4. The largest absolute Gasteiger partial charge is 0.297 e. The Balaban J connectivity index is 1.10. The van der Waals surface area contributed by atoms with E-state index < -0.39 is 5.41 Å². The van der Waals surface area contributed by atoms with Gasteiger partial charge in [-0.05, 0) is 78.2 Å². The van der Waals surface area contributed by atoms with Crippen molar-refractivity contribution >= 4 is 38.8 Å². The van der Waals surface area contributed by atoms with Gasteiger partial charge in [0.2, 0.25) is 0 Å². The van der Waals surface area contributed by atoms with Crippen molar-refractivity contribution in [1.29, 1.82) is 0 Å². The number of fused-ring (bicyclic) bond motifs is 12. The summed E-state index contributed by atoms with van der Waals surface area (Å²) in [6, 6.07) is 64.3. The SMILES string of the molecule is CC1(C)c2ccccc2C2(c3ccccc3-c3cc(C4=NC(c5ccccc5)=C(c5ccc6c(ccc7ccccc76)c5)NN4)ccc32)c2ccccc21. The maximum absolute atomic E-state index is 5.41. The molecule has 0 saturated carbocycles. The maximum atomic E-state index is 5.41. The van der Waals surface area contributed by atoms with Crippen molar-refractivity contribution < 1.29 is 0 Å². The number of nitrogens with zero attached hydrogens (tertiary/aromatic N) is 1. The van der Waals surface area contributed by atoms with E-state index in [1.807, 2.05) is 0 Å². The van der Waals surface area contributed by atoms with Crippen molar-refractivity contribution in [2.75, 3.05) is 0 Å². The van der Waals surface area contributed by atoms with Crippen LogP contribution in [0.15, 0.2) is 181 Å². The molecule has 1 heterocycles. The molecule has 0 aromatic heterocycles. The molecule has 8 aromatic carbocycles. The quantitative estimate of drug-likeness (QED) is 0.181.